The fourth-order valence-electron chi connectivity index (χ4n) is 2.83. The predicted molar refractivity (Wildman–Crippen MR) is 95.5 cm³/mol. The average Bonchev–Trinajstić information content (AvgIpc) is 2.57. The zero-order chi connectivity index (χ0) is 18.4. The number of hydrogen-bond donors (Lipinski definition) is 1. The van der Waals surface area contributed by atoms with Crippen LogP contribution in [0.15, 0.2) is 17.0 Å². The topological polar surface area (TPSA) is 98.5 Å². The lowest BCUT2D eigenvalue weighted by molar-refractivity contribution is -0.385. The number of ether oxygens (including phenoxy) is 1. The van der Waals surface area contributed by atoms with Crippen LogP contribution in [0.25, 0.3) is 0 Å². The van der Waals surface area contributed by atoms with E-state index < -0.39 is 14.9 Å². The second-order valence-electron chi connectivity index (χ2n) is 6.19. The van der Waals surface area contributed by atoms with Crippen LogP contribution in [0.4, 0.5) is 5.69 Å². The van der Waals surface area contributed by atoms with E-state index in [-0.39, 0.29) is 33.8 Å². The number of nitrogens with zero attached hydrogens (tertiary/aromatic N) is 1. The van der Waals surface area contributed by atoms with Gasteiger partial charge in [0.15, 0.2) is 0 Å². The van der Waals surface area contributed by atoms with E-state index in [1.165, 1.54) is 32.3 Å². The van der Waals surface area contributed by atoms with Crippen molar-refractivity contribution < 1.29 is 18.1 Å². The molecule has 1 aromatic rings. The Bertz CT molecular complexity index is 717. The van der Waals surface area contributed by atoms with E-state index in [9.17, 15) is 18.5 Å². The molecule has 7 nitrogen and oxygen atoms in total. The van der Waals surface area contributed by atoms with E-state index in [4.69, 9.17) is 16.3 Å². The number of benzene rings is 1. The Morgan fingerprint density at radius 1 is 1.32 bits per heavy atom. The maximum atomic E-state index is 12.3. The van der Waals surface area contributed by atoms with Crippen molar-refractivity contribution in [3.8, 4) is 0 Å². The normalized spacial score (nSPS) is 16.1. The van der Waals surface area contributed by atoms with Crippen LogP contribution in [0.2, 0.25) is 5.02 Å². The third-order valence-corrected chi connectivity index (χ3v) is 6.15. The van der Waals surface area contributed by atoms with Crippen molar-refractivity contribution in [1.29, 1.82) is 0 Å². The van der Waals surface area contributed by atoms with Crippen molar-refractivity contribution in [2.45, 2.75) is 56.4 Å². The summed E-state index contributed by atoms with van der Waals surface area (Å²) in [6, 6.07) is 2.26. The first-order valence-corrected chi connectivity index (χ1v) is 10.2. The molecule has 0 aromatic heterocycles. The minimum atomic E-state index is -3.86. The molecule has 1 aliphatic rings. The minimum absolute atomic E-state index is 0.0511. The first-order valence-electron chi connectivity index (χ1n) is 8.37. The molecule has 1 aliphatic carbocycles. The van der Waals surface area contributed by atoms with Gasteiger partial charge in [-0.3, -0.25) is 10.1 Å². The van der Waals surface area contributed by atoms with Crippen LogP contribution < -0.4 is 4.72 Å². The molecule has 1 saturated carbocycles. The van der Waals surface area contributed by atoms with E-state index in [2.05, 4.69) is 4.72 Å². The van der Waals surface area contributed by atoms with Gasteiger partial charge < -0.3 is 4.74 Å². The lowest BCUT2D eigenvalue weighted by atomic mass is 9.98. The second kappa shape index (κ2) is 8.93. The van der Waals surface area contributed by atoms with Gasteiger partial charge in [0.2, 0.25) is 10.0 Å². The minimum Gasteiger partial charge on any atom is -0.378 e. The monoisotopic (exact) mass is 390 g/mol. The van der Waals surface area contributed by atoms with Crippen LogP contribution in [0.5, 0.6) is 0 Å². The molecule has 0 saturated heterocycles. The molecule has 2 rings (SSSR count). The van der Waals surface area contributed by atoms with Crippen LogP contribution in [0, 0.1) is 17.0 Å². The molecule has 0 spiro atoms. The van der Waals surface area contributed by atoms with E-state index in [0.29, 0.717) is 13.0 Å². The van der Waals surface area contributed by atoms with Gasteiger partial charge in [-0.1, -0.05) is 30.9 Å². The maximum Gasteiger partial charge on any atom is 0.275 e. The Kier molecular flexibility index (Phi) is 7.18. The van der Waals surface area contributed by atoms with Crippen molar-refractivity contribution in [2.75, 3.05) is 13.2 Å². The van der Waals surface area contributed by atoms with Crippen LogP contribution in [0.3, 0.4) is 0 Å². The molecule has 0 atom stereocenters. The summed E-state index contributed by atoms with van der Waals surface area (Å²) in [6.45, 7) is 2.17. The number of sulfonamides is 1. The Hall–Kier alpha value is -1.22. The smallest absolute Gasteiger partial charge is 0.275 e. The Morgan fingerprint density at radius 3 is 2.64 bits per heavy atom. The summed E-state index contributed by atoms with van der Waals surface area (Å²) in [6.07, 6.45) is 6.58. The molecule has 0 radical (unpaired) electrons. The molecular weight excluding hydrogens is 368 g/mol. The first kappa shape index (κ1) is 20.1. The molecule has 140 valence electrons. The number of hydrogen-bond acceptors (Lipinski definition) is 5. The molecule has 0 unspecified atom stereocenters. The highest BCUT2D eigenvalue weighted by molar-refractivity contribution is 7.89. The number of rotatable bonds is 8. The molecule has 0 aliphatic heterocycles. The summed E-state index contributed by atoms with van der Waals surface area (Å²) in [5.41, 5.74) is -0.0694. The van der Waals surface area contributed by atoms with Gasteiger partial charge in [-0.15, -0.1) is 0 Å². The third kappa shape index (κ3) is 5.64. The summed E-state index contributed by atoms with van der Waals surface area (Å²) in [5, 5.41) is 11.1. The van der Waals surface area contributed by atoms with Gasteiger partial charge in [-0.2, -0.15) is 0 Å². The van der Waals surface area contributed by atoms with Gasteiger partial charge in [-0.25, -0.2) is 13.1 Å². The molecule has 0 bridgehead atoms. The summed E-state index contributed by atoms with van der Waals surface area (Å²) in [5.74, 6) is 0. The summed E-state index contributed by atoms with van der Waals surface area (Å²) >= 11 is 5.92. The average molecular weight is 391 g/mol. The van der Waals surface area contributed by atoms with E-state index in [1.807, 2.05) is 0 Å². The fraction of sp³-hybridized carbons (Fsp3) is 0.625. The van der Waals surface area contributed by atoms with Gasteiger partial charge in [-0.05, 0) is 32.3 Å². The van der Waals surface area contributed by atoms with Gasteiger partial charge in [0.1, 0.15) is 0 Å². The van der Waals surface area contributed by atoms with E-state index >= 15 is 0 Å². The molecule has 0 heterocycles. The van der Waals surface area contributed by atoms with Crippen molar-refractivity contribution >= 4 is 27.3 Å². The summed E-state index contributed by atoms with van der Waals surface area (Å²) < 4.78 is 32.8. The van der Waals surface area contributed by atoms with Gasteiger partial charge in [0, 0.05) is 24.8 Å². The van der Waals surface area contributed by atoms with Gasteiger partial charge >= 0.3 is 0 Å². The summed E-state index contributed by atoms with van der Waals surface area (Å²) in [7, 11) is -3.86. The zero-order valence-corrected chi connectivity index (χ0v) is 15.7. The fourth-order valence-corrected chi connectivity index (χ4v) is 4.23. The standard InChI is InChI=1S/C16H23ClN2O5S/c1-12-15(17)10-14(11-16(12)19(20)21)25(22,23)18-8-5-9-24-13-6-3-2-4-7-13/h10-11,13,18H,2-9H2,1H3. The third-order valence-electron chi connectivity index (χ3n) is 4.32. The highest BCUT2D eigenvalue weighted by Gasteiger charge is 2.22. The quantitative estimate of drug-likeness (QED) is 0.415. The Balaban J connectivity index is 1.89. The van der Waals surface area contributed by atoms with Crippen LogP contribution in [-0.4, -0.2) is 32.6 Å². The molecule has 1 N–H and O–H groups in total. The van der Waals surface area contributed by atoms with Crippen molar-refractivity contribution in [3.63, 3.8) is 0 Å². The lowest BCUT2D eigenvalue weighted by Crippen LogP contribution is -2.26. The van der Waals surface area contributed by atoms with Crippen molar-refractivity contribution in [1.82, 2.24) is 4.72 Å². The van der Waals surface area contributed by atoms with Crippen LogP contribution in [-0.2, 0) is 14.8 Å². The van der Waals surface area contributed by atoms with Crippen molar-refractivity contribution in [2.24, 2.45) is 0 Å². The molecule has 1 aromatic carbocycles. The van der Waals surface area contributed by atoms with E-state index in [1.54, 1.807) is 0 Å². The van der Waals surface area contributed by atoms with Crippen LogP contribution >= 0.6 is 11.6 Å². The zero-order valence-electron chi connectivity index (χ0n) is 14.2. The molecule has 9 heteroatoms. The maximum absolute atomic E-state index is 12.3. The lowest BCUT2D eigenvalue weighted by Gasteiger charge is -2.21. The Labute approximate surface area is 152 Å². The van der Waals surface area contributed by atoms with Gasteiger partial charge in [0.05, 0.1) is 20.9 Å². The number of nitro groups is 1. The Morgan fingerprint density at radius 2 is 2.00 bits per heavy atom. The number of nitrogens with one attached hydrogen (secondary N) is 1. The molecular formula is C16H23ClN2O5S. The highest BCUT2D eigenvalue weighted by Crippen LogP contribution is 2.29. The second-order valence-corrected chi connectivity index (χ2v) is 8.36. The molecule has 0 amide bonds. The number of halogens is 1. The SMILES string of the molecule is Cc1c(Cl)cc(S(=O)(=O)NCCCOC2CCCCC2)cc1[N+](=O)[O-]. The van der Waals surface area contributed by atoms with Crippen LogP contribution in [0.1, 0.15) is 44.1 Å². The summed E-state index contributed by atoms with van der Waals surface area (Å²) in [4.78, 5) is 10.2. The predicted octanol–water partition coefficient (Wildman–Crippen LogP) is 3.57. The largest absolute Gasteiger partial charge is 0.378 e. The highest BCUT2D eigenvalue weighted by atomic mass is 35.5. The number of nitro benzene ring substituents is 1. The first-order chi connectivity index (χ1) is 11.8. The van der Waals surface area contributed by atoms with Crippen molar-refractivity contribution in [3.05, 3.63) is 32.8 Å². The molecule has 25 heavy (non-hydrogen) atoms. The van der Waals surface area contributed by atoms with Gasteiger partial charge in [0.25, 0.3) is 5.69 Å². The van der Waals surface area contributed by atoms with E-state index in [0.717, 1.165) is 18.9 Å². The molecule has 1 fully saturated rings.